The first-order valence-corrected chi connectivity index (χ1v) is 10.0. The lowest BCUT2D eigenvalue weighted by Gasteiger charge is -2.26. The molecule has 7 heteroatoms. The van der Waals surface area contributed by atoms with Gasteiger partial charge in [0.25, 0.3) is 0 Å². The summed E-state index contributed by atoms with van der Waals surface area (Å²) in [5.41, 5.74) is 2.70. The number of anilines is 1. The van der Waals surface area contributed by atoms with Gasteiger partial charge < -0.3 is 4.74 Å². The Morgan fingerprint density at radius 2 is 1.97 bits per heavy atom. The van der Waals surface area contributed by atoms with Crippen molar-refractivity contribution in [1.29, 1.82) is 0 Å². The quantitative estimate of drug-likeness (QED) is 0.594. The lowest BCUT2D eigenvalue weighted by atomic mass is 10.1. The number of nitrogens with zero attached hydrogens (tertiary/aromatic N) is 2. The van der Waals surface area contributed by atoms with Crippen molar-refractivity contribution < 1.29 is 18.7 Å². The van der Waals surface area contributed by atoms with E-state index in [1.807, 2.05) is 6.92 Å². The minimum atomic E-state index is -0.518. The van der Waals surface area contributed by atoms with Crippen LogP contribution in [0.3, 0.4) is 0 Å². The third kappa shape index (κ3) is 4.00. The second-order valence-corrected chi connectivity index (χ2v) is 7.61. The number of pyridine rings is 1. The minimum Gasteiger partial charge on any atom is -0.404 e. The summed E-state index contributed by atoms with van der Waals surface area (Å²) in [4.78, 5) is 30.6. The van der Waals surface area contributed by atoms with Crippen molar-refractivity contribution in [1.82, 2.24) is 4.98 Å². The van der Waals surface area contributed by atoms with Gasteiger partial charge >= 0.3 is 5.97 Å². The van der Waals surface area contributed by atoms with Gasteiger partial charge in [0.05, 0.1) is 11.3 Å². The smallest absolute Gasteiger partial charge is 0.344 e. The van der Waals surface area contributed by atoms with Gasteiger partial charge in [-0.1, -0.05) is 18.2 Å². The van der Waals surface area contributed by atoms with E-state index in [1.54, 1.807) is 59.6 Å². The van der Waals surface area contributed by atoms with Crippen molar-refractivity contribution >= 4 is 29.3 Å². The molecule has 1 unspecified atom stereocenters. The molecule has 1 aliphatic heterocycles. The number of esters is 1. The number of rotatable bonds is 4. The second kappa shape index (κ2) is 8.05. The molecule has 2 aromatic carbocycles. The molecule has 0 saturated carbocycles. The number of amides is 1. The summed E-state index contributed by atoms with van der Waals surface area (Å²) in [5, 5.41) is -0.242. The number of aromatic nitrogens is 1. The lowest BCUT2D eigenvalue weighted by Crippen LogP contribution is -2.28. The fraction of sp³-hybridized carbons (Fsp3) is 0.136. The Labute approximate surface area is 171 Å². The number of thioether (sulfide) groups is 1. The summed E-state index contributed by atoms with van der Waals surface area (Å²) in [6.07, 6.45) is 1.54. The first-order valence-electron chi connectivity index (χ1n) is 8.96. The van der Waals surface area contributed by atoms with Crippen LogP contribution >= 0.6 is 11.8 Å². The molecular formula is C22H17FN2O3S. The van der Waals surface area contributed by atoms with Crippen molar-refractivity contribution in [2.45, 2.75) is 12.3 Å². The van der Waals surface area contributed by atoms with Crippen LogP contribution in [0, 0.1) is 12.7 Å². The molecular weight excluding hydrogens is 391 g/mol. The molecule has 29 heavy (non-hydrogen) atoms. The van der Waals surface area contributed by atoms with Gasteiger partial charge in [0.15, 0.2) is 0 Å². The van der Waals surface area contributed by atoms with Crippen LogP contribution in [-0.4, -0.2) is 22.6 Å². The molecule has 1 atom stereocenters. The van der Waals surface area contributed by atoms with Crippen LogP contribution in [0.15, 0.2) is 66.9 Å². The largest absolute Gasteiger partial charge is 0.404 e. The van der Waals surface area contributed by atoms with E-state index < -0.39 is 5.97 Å². The molecule has 0 radical (unpaired) electrons. The molecule has 1 saturated heterocycles. The molecule has 0 N–H and O–H groups in total. The zero-order chi connectivity index (χ0) is 20.4. The van der Waals surface area contributed by atoms with Gasteiger partial charge in [-0.2, -0.15) is 0 Å². The Kier molecular flexibility index (Phi) is 5.31. The Hall–Kier alpha value is -3.19. The summed E-state index contributed by atoms with van der Waals surface area (Å²) in [5.74, 6) is -0.305. The molecule has 5 nitrogen and oxygen atoms in total. The van der Waals surface area contributed by atoms with E-state index in [-0.39, 0.29) is 23.0 Å². The fourth-order valence-electron chi connectivity index (χ4n) is 3.17. The second-order valence-electron chi connectivity index (χ2n) is 6.54. The van der Waals surface area contributed by atoms with E-state index in [9.17, 15) is 14.0 Å². The van der Waals surface area contributed by atoms with Gasteiger partial charge in [0.2, 0.25) is 11.8 Å². The van der Waals surface area contributed by atoms with Crippen molar-refractivity contribution in [3.8, 4) is 5.88 Å². The molecule has 1 aromatic heterocycles. The van der Waals surface area contributed by atoms with Crippen LogP contribution in [0.1, 0.15) is 26.9 Å². The van der Waals surface area contributed by atoms with E-state index in [2.05, 4.69) is 4.98 Å². The van der Waals surface area contributed by atoms with Crippen molar-refractivity contribution in [3.63, 3.8) is 0 Å². The zero-order valence-corrected chi connectivity index (χ0v) is 16.4. The number of carbonyl (C=O) groups excluding carboxylic acids is 2. The van der Waals surface area contributed by atoms with Gasteiger partial charge in [-0.15, -0.1) is 11.8 Å². The highest BCUT2D eigenvalue weighted by Crippen LogP contribution is 2.42. The number of hydrogen-bond donors (Lipinski definition) is 0. The van der Waals surface area contributed by atoms with E-state index in [1.165, 1.54) is 23.9 Å². The molecule has 0 spiro atoms. The number of ether oxygens (including phenoxy) is 1. The summed E-state index contributed by atoms with van der Waals surface area (Å²) in [6, 6.07) is 16.3. The Bertz CT molecular complexity index is 1060. The normalized spacial score (nSPS) is 16.1. The minimum absolute atomic E-state index is 0.0313. The predicted molar refractivity (Wildman–Crippen MR) is 109 cm³/mol. The van der Waals surface area contributed by atoms with E-state index in [0.29, 0.717) is 17.0 Å². The maximum Gasteiger partial charge on any atom is 0.344 e. The Morgan fingerprint density at radius 3 is 2.66 bits per heavy atom. The third-order valence-electron chi connectivity index (χ3n) is 4.55. The highest BCUT2D eigenvalue weighted by Gasteiger charge is 2.35. The van der Waals surface area contributed by atoms with Crippen molar-refractivity contribution in [2.75, 3.05) is 10.7 Å². The predicted octanol–water partition coefficient (Wildman–Crippen LogP) is 4.53. The van der Waals surface area contributed by atoms with Gasteiger partial charge in [0, 0.05) is 18.0 Å². The lowest BCUT2D eigenvalue weighted by molar-refractivity contribution is -0.115. The fourth-order valence-corrected chi connectivity index (χ4v) is 4.34. The maximum atomic E-state index is 13.3. The van der Waals surface area contributed by atoms with Gasteiger partial charge in [-0.25, -0.2) is 14.2 Å². The van der Waals surface area contributed by atoms with Gasteiger partial charge in [-0.05, 0) is 54.4 Å². The van der Waals surface area contributed by atoms with E-state index in [0.717, 1.165) is 11.1 Å². The van der Waals surface area contributed by atoms with Crippen LogP contribution in [0.2, 0.25) is 0 Å². The van der Waals surface area contributed by atoms with Crippen molar-refractivity contribution in [3.05, 3.63) is 89.4 Å². The molecule has 3 aromatic rings. The zero-order valence-electron chi connectivity index (χ0n) is 15.5. The highest BCUT2D eigenvalue weighted by atomic mass is 32.2. The molecule has 1 fully saturated rings. The number of carbonyl (C=O) groups is 2. The van der Waals surface area contributed by atoms with Crippen LogP contribution in [0.25, 0.3) is 0 Å². The molecule has 1 amide bonds. The first-order chi connectivity index (χ1) is 14.0. The number of halogens is 1. The molecule has 2 heterocycles. The third-order valence-corrected chi connectivity index (χ3v) is 5.76. The van der Waals surface area contributed by atoms with Crippen LogP contribution in [-0.2, 0) is 4.79 Å². The molecule has 146 valence electrons. The Morgan fingerprint density at radius 1 is 1.17 bits per heavy atom. The molecule has 4 rings (SSSR count). The average molecular weight is 408 g/mol. The summed E-state index contributed by atoms with van der Waals surface area (Å²) in [6.45, 7) is 1.84. The summed E-state index contributed by atoms with van der Waals surface area (Å²) < 4.78 is 18.5. The number of hydrogen-bond acceptors (Lipinski definition) is 5. The topological polar surface area (TPSA) is 59.5 Å². The van der Waals surface area contributed by atoms with E-state index in [4.69, 9.17) is 4.74 Å². The van der Waals surface area contributed by atoms with Gasteiger partial charge in [-0.3, -0.25) is 9.69 Å². The number of aryl methyl sites for hydroxylation is 1. The average Bonchev–Trinajstić information content (AvgIpc) is 3.10. The first kappa shape index (κ1) is 19.1. The Balaban J connectivity index is 1.60. The SMILES string of the molecule is Cc1cc(C(=O)Oc2ccccn2)ccc1N1C(=O)CSC1c1ccc(F)cc1. The highest BCUT2D eigenvalue weighted by molar-refractivity contribution is 8.00. The maximum absolute atomic E-state index is 13.3. The van der Waals surface area contributed by atoms with E-state index >= 15 is 0 Å². The monoisotopic (exact) mass is 408 g/mol. The molecule has 0 aliphatic carbocycles. The molecule has 0 bridgehead atoms. The van der Waals surface area contributed by atoms with Crippen molar-refractivity contribution in [2.24, 2.45) is 0 Å². The van der Waals surface area contributed by atoms with Crippen LogP contribution in [0.4, 0.5) is 10.1 Å². The van der Waals surface area contributed by atoms with Gasteiger partial charge in [0.1, 0.15) is 11.2 Å². The summed E-state index contributed by atoms with van der Waals surface area (Å²) >= 11 is 1.49. The standard InChI is InChI=1S/C22H17FN2O3S/c1-14-12-16(22(27)28-19-4-2-3-11-24-19)7-10-18(14)25-20(26)13-29-21(25)15-5-8-17(23)9-6-15/h2-12,21H,13H2,1H3. The van der Waals surface area contributed by atoms with Crippen LogP contribution < -0.4 is 9.64 Å². The number of benzene rings is 2. The molecule has 1 aliphatic rings. The van der Waals surface area contributed by atoms with Crippen LogP contribution in [0.5, 0.6) is 5.88 Å². The summed E-state index contributed by atoms with van der Waals surface area (Å²) in [7, 11) is 0.